The monoisotopic (exact) mass is 515 g/mol. The molecule has 190 valence electrons. The number of rotatable bonds is 7. The first-order valence-electron chi connectivity index (χ1n) is 12.1. The fourth-order valence-electron chi connectivity index (χ4n) is 4.05. The van der Waals surface area contributed by atoms with E-state index in [1.54, 1.807) is 34.0 Å². The van der Waals surface area contributed by atoms with Gasteiger partial charge in [-0.2, -0.15) is 0 Å². The third kappa shape index (κ3) is 5.24. The Labute approximate surface area is 220 Å². The minimum Gasteiger partial charge on any atom is -0.462 e. The van der Waals surface area contributed by atoms with Gasteiger partial charge < -0.3 is 15.0 Å². The van der Waals surface area contributed by atoms with E-state index in [2.05, 4.69) is 24.4 Å². The first-order valence-corrected chi connectivity index (χ1v) is 12.9. The second kappa shape index (κ2) is 10.9. The Kier molecular flexibility index (Phi) is 7.69. The van der Waals surface area contributed by atoms with Crippen LogP contribution in [0.3, 0.4) is 0 Å². The van der Waals surface area contributed by atoms with Crippen molar-refractivity contribution in [2.45, 2.75) is 27.2 Å². The Bertz CT molecular complexity index is 1490. The van der Waals surface area contributed by atoms with E-state index in [4.69, 9.17) is 9.72 Å². The zero-order valence-electron chi connectivity index (χ0n) is 21.5. The standard InChI is InChI=1S/C29H29N3O4S/c1-6-18-12-14-19(15-13-18)23-16-21(20-10-8-9-11-22(20)30-23)26(33)31-27-24(29(35)36-7-2)17(3)25(37-27)28(34)32(4)5/h8-16H,6-7H2,1-5H3,(H,31,33). The highest BCUT2D eigenvalue weighted by molar-refractivity contribution is 7.18. The predicted octanol–water partition coefficient (Wildman–Crippen LogP) is 5.96. The number of amides is 2. The zero-order chi connectivity index (χ0) is 26.7. The quantitative estimate of drug-likeness (QED) is 0.307. The number of aromatic nitrogens is 1. The number of thiophene rings is 1. The highest BCUT2D eigenvalue weighted by Gasteiger charge is 2.28. The van der Waals surface area contributed by atoms with Crippen molar-refractivity contribution in [1.29, 1.82) is 0 Å². The van der Waals surface area contributed by atoms with E-state index < -0.39 is 11.9 Å². The number of aryl methyl sites for hydroxylation is 1. The molecule has 2 aromatic heterocycles. The number of fused-ring (bicyclic) bond motifs is 1. The number of para-hydroxylation sites is 1. The lowest BCUT2D eigenvalue weighted by molar-refractivity contribution is 0.0527. The normalized spacial score (nSPS) is 10.8. The van der Waals surface area contributed by atoms with Crippen molar-refractivity contribution in [2.24, 2.45) is 0 Å². The summed E-state index contributed by atoms with van der Waals surface area (Å²) < 4.78 is 5.24. The summed E-state index contributed by atoms with van der Waals surface area (Å²) in [5.74, 6) is -1.23. The first-order chi connectivity index (χ1) is 17.7. The Morgan fingerprint density at radius 2 is 1.73 bits per heavy atom. The predicted molar refractivity (Wildman–Crippen MR) is 148 cm³/mol. The van der Waals surface area contributed by atoms with Crippen molar-refractivity contribution >= 4 is 45.0 Å². The molecule has 0 unspecified atom stereocenters. The van der Waals surface area contributed by atoms with E-state index in [0.717, 1.165) is 23.3 Å². The maximum atomic E-state index is 13.7. The molecule has 2 amide bonds. The van der Waals surface area contributed by atoms with Gasteiger partial charge in [0.2, 0.25) is 0 Å². The highest BCUT2D eigenvalue weighted by atomic mass is 32.1. The molecular formula is C29H29N3O4S. The van der Waals surface area contributed by atoms with Crippen LogP contribution in [0.4, 0.5) is 5.00 Å². The topological polar surface area (TPSA) is 88.6 Å². The lowest BCUT2D eigenvalue weighted by Crippen LogP contribution is -2.21. The van der Waals surface area contributed by atoms with Gasteiger partial charge in [-0.25, -0.2) is 9.78 Å². The number of pyridine rings is 1. The minimum atomic E-state index is -0.583. The van der Waals surface area contributed by atoms with Crippen molar-refractivity contribution in [3.05, 3.63) is 81.7 Å². The number of hydrogen-bond donors (Lipinski definition) is 1. The Morgan fingerprint density at radius 3 is 2.38 bits per heavy atom. The van der Waals surface area contributed by atoms with Gasteiger partial charge in [0.1, 0.15) is 5.00 Å². The molecule has 0 saturated heterocycles. The minimum absolute atomic E-state index is 0.174. The van der Waals surface area contributed by atoms with Crippen LogP contribution in [0.2, 0.25) is 0 Å². The Morgan fingerprint density at radius 1 is 1.03 bits per heavy atom. The van der Waals surface area contributed by atoms with Gasteiger partial charge in [0.15, 0.2) is 0 Å². The SMILES string of the molecule is CCOC(=O)c1c(NC(=O)c2cc(-c3ccc(CC)cc3)nc3ccccc23)sc(C(=O)N(C)C)c1C. The largest absolute Gasteiger partial charge is 0.462 e. The molecule has 0 fully saturated rings. The van der Waals surface area contributed by atoms with Crippen LogP contribution in [0, 0.1) is 6.92 Å². The highest BCUT2D eigenvalue weighted by Crippen LogP contribution is 2.35. The van der Waals surface area contributed by atoms with Gasteiger partial charge in [0, 0.05) is 25.0 Å². The number of benzene rings is 2. The molecule has 0 saturated carbocycles. The third-order valence-electron chi connectivity index (χ3n) is 6.07. The number of esters is 1. The summed E-state index contributed by atoms with van der Waals surface area (Å²) in [6, 6.07) is 17.3. The molecule has 7 nitrogen and oxygen atoms in total. The van der Waals surface area contributed by atoms with Crippen LogP contribution in [0.25, 0.3) is 22.2 Å². The van der Waals surface area contributed by atoms with Crippen LogP contribution >= 0.6 is 11.3 Å². The average molecular weight is 516 g/mol. The third-order valence-corrected chi connectivity index (χ3v) is 7.27. The van der Waals surface area contributed by atoms with Crippen LogP contribution in [0.5, 0.6) is 0 Å². The van der Waals surface area contributed by atoms with E-state index in [-0.39, 0.29) is 23.1 Å². The van der Waals surface area contributed by atoms with Crippen LogP contribution in [-0.2, 0) is 11.2 Å². The van der Waals surface area contributed by atoms with Crippen molar-refractivity contribution in [1.82, 2.24) is 9.88 Å². The number of anilines is 1. The van der Waals surface area contributed by atoms with Crippen molar-refractivity contribution in [3.8, 4) is 11.3 Å². The second-order valence-electron chi connectivity index (χ2n) is 8.76. The second-order valence-corrected chi connectivity index (χ2v) is 9.78. The maximum absolute atomic E-state index is 13.7. The van der Waals surface area contributed by atoms with Crippen molar-refractivity contribution in [3.63, 3.8) is 0 Å². The molecule has 4 rings (SSSR count). The summed E-state index contributed by atoms with van der Waals surface area (Å²) in [6.07, 6.45) is 0.931. The molecule has 8 heteroatoms. The summed E-state index contributed by atoms with van der Waals surface area (Å²) in [7, 11) is 3.28. The van der Waals surface area contributed by atoms with Gasteiger partial charge in [0.25, 0.3) is 11.8 Å². The first kappa shape index (κ1) is 26.0. The molecule has 37 heavy (non-hydrogen) atoms. The summed E-state index contributed by atoms with van der Waals surface area (Å²) in [5, 5.41) is 3.85. The van der Waals surface area contributed by atoms with Gasteiger partial charge in [-0.3, -0.25) is 9.59 Å². The van der Waals surface area contributed by atoms with Crippen molar-refractivity contribution < 1.29 is 19.1 Å². The van der Waals surface area contributed by atoms with Gasteiger partial charge in [-0.1, -0.05) is 49.4 Å². The molecule has 0 bridgehead atoms. The molecule has 0 radical (unpaired) electrons. The average Bonchev–Trinajstić information content (AvgIpc) is 3.22. The summed E-state index contributed by atoms with van der Waals surface area (Å²) in [5.41, 5.74) is 4.55. The molecule has 1 N–H and O–H groups in total. The van der Waals surface area contributed by atoms with E-state index >= 15 is 0 Å². The Balaban J connectivity index is 1.80. The van der Waals surface area contributed by atoms with E-state index in [0.29, 0.717) is 32.6 Å². The molecule has 0 atom stereocenters. The molecule has 0 aliphatic carbocycles. The van der Waals surface area contributed by atoms with Crippen LogP contribution in [-0.4, -0.2) is 48.4 Å². The maximum Gasteiger partial charge on any atom is 0.341 e. The molecule has 4 aromatic rings. The van der Waals surface area contributed by atoms with Gasteiger partial charge in [-0.15, -0.1) is 11.3 Å². The van der Waals surface area contributed by atoms with E-state index in [1.165, 1.54) is 10.5 Å². The molecule has 0 aliphatic rings. The lowest BCUT2D eigenvalue weighted by atomic mass is 10.0. The van der Waals surface area contributed by atoms with E-state index in [9.17, 15) is 14.4 Å². The van der Waals surface area contributed by atoms with Crippen LogP contribution in [0.15, 0.2) is 54.6 Å². The number of nitrogens with zero attached hydrogens (tertiary/aromatic N) is 2. The zero-order valence-corrected chi connectivity index (χ0v) is 22.4. The fraction of sp³-hybridized carbons (Fsp3) is 0.241. The number of carbonyl (C=O) groups excluding carboxylic acids is 3. The molecule has 2 aromatic carbocycles. The molecular weight excluding hydrogens is 486 g/mol. The van der Waals surface area contributed by atoms with Gasteiger partial charge >= 0.3 is 5.97 Å². The smallest absolute Gasteiger partial charge is 0.341 e. The van der Waals surface area contributed by atoms with Crippen LogP contribution < -0.4 is 5.32 Å². The Hall–Kier alpha value is -4.04. The fourth-order valence-corrected chi connectivity index (χ4v) is 5.26. The molecule has 0 spiro atoms. The van der Waals surface area contributed by atoms with Gasteiger partial charge in [0.05, 0.1) is 33.8 Å². The summed E-state index contributed by atoms with van der Waals surface area (Å²) in [6.45, 7) is 5.67. The molecule has 2 heterocycles. The summed E-state index contributed by atoms with van der Waals surface area (Å²) in [4.78, 5) is 45.8. The van der Waals surface area contributed by atoms with Gasteiger partial charge in [-0.05, 0) is 43.5 Å². The lowest BCUT2D eigenvalue weighted by Gasteiger charge is -2.11. The number of nitrogens with one attached hydrogen (secondary N) is 1. The number of ether oxygens (including phenoxy) is 1. The van der Waals surface area contributed by atoms with E-state index in [1.807, 2.05) is 36.4 Å². The molecule has 0 aliphatic heterocycles. The summed E-state index contributed by atoms with van der Waals surface area (Å²) >= 11 is 1.07. The van der Waals surface area contributed by atoms with Crippen LogP contribution in [0.1, 0.15) is 55.4 Å². The number of hydrogen-bond acceptors (Lipinski definition) is 6. The van der Waals surface area contributed by atoms with Crippen molar-refractivity contribution in [2.75, 3.05) is 26.0 Å². The number of carbonyl (C=O) groups is 3.